The van der Waals surface area contributed by atoms with Gasteiger partial charge in [-0.3, -0.25) is 0 Å². The summed E-state index contributed by atoms with van der Waals surface area (Å²) in [6, 6.07) is 6.23. The van der Waals surface area contributed by atoms with Crippen LogP contribution in [-0.2, 0) is 0 Å². The Hall–Kier alpha value is -0.890. The SMILES string of the molecule is CCC[C@H]1CC[C@H](C(F)=C(F)c2ccc(Cl)cc2)CC1. The summed E-state index contributed by atoms with van der Waals surface area (Å²) in [6.07, 6.45) is 5.93. The maximum absolute atomic E-state index is 14.3. The Morgan fingerprint density at radius 1 is 1.10 bits per heavy atom. The molecule has 1 aromatic carbocycles. The van der Waals surface area contributed by atoms with Crippen LogP contribution < -0.4 is 0 Å². The molecule has 0 saturated heterocycles. The molecule has 0 amide bonds. The molecule has 0 nitrogen and oxygen atoms in total. The molecule has 1 aromatic rings. The van der Waals surface area contributed by atoms with Crippen LogP contribution in [-0.4, -0.2) is 0 Å². The first-order valence-electron chi connectivity index (χ1n) is 7.43. The summed E-state index contributed by atoms with van der Waals surface area (Å²) < 4.78 is 28.4. The molecule has 1 fully saturated rings. The molecular formula is C17H21ClF2. The highest BCUT2D eigenvalue weighted by Crippen LogP contribution is 2.39. The Morgan fingerprint density at radius 3 is 2.25 bits per heavy atom. The van der Waals surface area contributed by atoms with Gasteiger partial charge in [0.05, 0.1) is 0 Å². The third-order valence-electron chi connectivity index (χ3n) is 4.21. The fourth-order valence-electron chi connectivity index (χ4n) is 3.03. The first-order chi connectivity index (χ1) is 9.61. The second kappa shape index (κ2) is 7.21. The zero-order valence-corrected chi connectivity index (χ0v) is 12.6. The highest BCUT2D eigenvalue weighted by atomic mass is 35.5. The van der Waals surface area contributed by atoms with Crippen LogP contribution in [0.15, 0.2) is 30.1 Å². The Balaban J connectivity index is 2.04. The van der Waals surface area contributed by atoms with Gasteiger partial charge in [0.1, 0.15) is 5.83 Å². The molecule has 0 heterocycles. The Kier molecular flexibility index (Phi) is 5.59. The molecule has 0 radical (unpaired) electrons. The zero-order valence-electron chi connectivity index (χ0n) is 11.8. The van der Waals surface area contributed by atoms with Gasteiger partial charge in [0.15, 0.2) is 5.83 Å². The smallest absolute Gasteiger partial charge is 0.162 e. The first-order valence-corrected chi connectivity index (χ1v) is 7.80. The van der Waals surface area contributed by atoms with Gasteiger partial charge in [0, 0.05) is 16.5 Å². The average molecular weight is 299 g/mol. The van der Waals surface area contributed by atoms with Gasteiger partial charge in [0.2, 0.25) is 0 Å². The topological polar surface area (TPSA) is 0 Å². The molecule has 1 aliphatic carbocycles. The van der Waals surface area contributed by atoms with Crippen molar-refractivity contribution in [3.05, 3.63) is 40.7 Å². The van der Waals surface area contributed by atoms with Crippen molar-refractivity contribution < 1.29 is 8.78 Å². The highest BCUT2D eigenvalue weighted by molar-refractivity contribution is 6.30. The van der Waals surface area contributed by atoms with Crippen molar-refractivity contribution in [1.29, 1.82) is 0 Å². The molecule has 2 rings (SSSR count). The maximum Gasteiger partial charge on any atom is 0.162 e. The Bertz CT molecular complexity index is 456. The molecule has 0 atom stereocenters. The molecule has 0 aromatic heterocycles. The van der Waals surface area contributed by atoms with E-state index in [4.69, 9.17) is 11.6 Å². The number of halogens is 3. The minimum absolute atomic E-state index is 0.251. The fourth-order valence-corrected chi connectivity index (χ4v) is 3.15. The lowest BCUT2D eigenvalue weighted by Gasteiger charge is -2.27. The summed E-state index contributed by atoms with van der Waals surface area (Å²) in [5.74, 6) is -0.857. The molecule has 0 spiro atoms. The number of allylic oxidation sites excluding steroid dienone is 1. The predicted octanol–water partition coefficient (Wildman–Crippen LogP) is 6.55. The van der Waals surface area contributed by atoms with E-state index >= 15 is 0 Å². The van der Waals surface area contributed by atoms with Gasteiger partial charge >= 0.3 is 0 Å². The number of hydrogen-bond acceptors (Lipinski definition) is 0. The van der Waals surface area contributed by atoms with Gasteiger partial charge in [-0.15, -0.1) is 0 Å². The summed E-state index contributed by atoms with van der Waals surface area (Å²) in [5.41, 5.74) is 0.280. The summed E-state index contributed by atoms with van der Waals surface area (Å²) in [5, 5.41) is 0.530. The van der Waals surface area contributed by atoms with Crippen molar-refractivity contribution in [2.45, 2.75) is 45.4 Å². The van der Waals surface area contributed by atoms with E-state index < -0.39 is 11.7 Å². The van der Waals surface area contributed by atoms with E-state index in [0.717, 1.165) is 25.7 Å². The minimum atomic E-state index is -0.722. The molecule has 0 N–H and O–H groups in total. The monoisotopic (exact) mass is 298 g/mol. The van der Waals surface area contributed by atoms with Gasteiger partial charge in [-0.25, -0.2) is 8.78 Å². The van der Waals surface area contributed by atoms with Gasteiger partial charge in [-0.1, -0.05) is 43.5 Å². The van der Waals surface area contributed by atoms with E-state index in [1.165, 1.54) is 25.0 Å². The summed E-state index contributed by atoms with van der Waals surface area (Å²) >= 11 is 5.76. The minimum Gasteiger partial charge on any atom is -0.208 e. The molecule has 0 aliphatic heterocycles. The van der Waals surface area contributed by atoms with Crippen molar-refractivity contribution in [1.82, 2.24) is 0 Å². The Labute approximate surface area is 124 Å². The van der Waals surface area contributed by atoms with Crippen molar-refractivity contribution in [3.8, 4) is 0 Å². The normalized spacial score (nSPS) is 24.4. The summed E-state index contributed by atoms with van der Waals surface area (Å²) in [6.45, 7) is 2.17. The van der Waals surface area contributed by atoms with Crippen LogP contribution in [0.4, 0.5) is 8.78 Å². The predicted molar refractivity (Wildman–Crippen MR) is 80.9 cm³/mol. The fraction of sp³-hybridized carbons (Fsp3) is 0.529. The van der Waals surface area contributed by atoms with E-state index in [-0.39, 0.29) is 11.5 Å². The highest BCUT2D eigenvalue weighted by Gasteiger charge is 2.26. The number of rotatable bonds is 4. The van der Waals surface area contributed by atoms with Gasteiger partial charge in [0.25, 0.3) is 0 Å². The largest absolute Gasteiger partial charge is 0.208 e. The number of hydrogen-bond donors (Lipinski definition) is 0. The molecule has 0 bridgehead atoms. The van der Waals surface area contributed by atoms with Crippen molar-refractivity contribution in [2.24, 2.45) is 11.8 Å². The molecule has 1 aliphatic rings. The average Bonchev–Trinajstić information content (AvgIpc) is 2.48. The van der Waals surface area contributed by atoms with Crippen LogP contribution in [0.2, 0.25) is 5.02 Å². The van der Waals surface area contributed by atoms with E-state index in [2.05, 4.69) is 6.92 Å². The van der Waals surface area contributed by atoms with E-state index in [1.807, 2.05) is 0 Å². The molecule has 20 heavy (non-hydrogen) atoms. The van der Waals surface area contributed by atoms with Gasteiger partial charge in [-0.05, 0) is 43.7 Å². The lowest BCUT2D eigenvalue weighted by Crippen LogP contribution is -2.15. The van der Waals surface area contributed by atoms with E-state index in [1.54, 1.807) is 12.1 Å². The van der Waals surface area contributed by atoms with Crippen molar-refractivity contribution in [3.63, 3.8) is 0 Å². The standard InChI is InChI=1S/C17H21ClF2/c1-2-3-12-4-6-13(7-5-12)16(19)17(20)14-8-10-15(18)11-9-14/h8-13H,2-7H2,1H3/t12-,13-. The van der Waals surface area contributed by atoms with E-state index in [0.29, 0.717) is 10.9 Å². The number of benzene rings is 1. The van der Waals surface area contributed by atoms with Crippen LogP contribution in [0, 0.1) is 11.8 Å². The van der Waals surface area contributed by atoms with Gasteiger partial charge < -0.3 is 0 Å². The van der Waals surface area contributed by atoms with Crippen LogP contribution in [0.25, 0.3) is 5.83 Å². The Morgan fingerprint density at radius 2 is 1.70 bits per heavy atom. The van der Waals surface area contributed by atoms with Crippen molar-refractivity contribution in [2.75, 3.05) is 0 Å². The molecular weight excluding hydrogens is 278 g/mol. The van der Waals surface area contributed by atoms with Crippen LogP contribution in [0.5, 0.6) is 0 Å². The van der Waals surface area contributed by atoms with E-state index in [9.17, 15) is 8.78 Å². The molecule has 110 valence electrons. The van der Waals surface area contributed by atoms with Gasteiger partial charge in [-0.2, -0.15) is 0 Å². The maximum atomic E-state index is 14.3. The van der Waals surface area contributed by atoms with Crippen LogP contribution >= 0.6 is 11.6 Å². The lowest BCUT2D eigenvalue weighted by molar-refractivity contribution is 0.261. The third-order valence-corrected chi connectivity index (χ3v) is 4.46. The third kappa shape index (κ3) is 3.82. The molecule has 0 unspecified atom stereocenters. The quantitative estimate of drug-likeness (QED) is 0.591. The second-order valence-electron chi connectivity index (χ2n) is 5.68. The summed E-state index contributed by atoms with van der Waals surface area (Å²) in [4.78, 5) is 0. The van der Waals surface area contributed by atoms with Crippen LogP contribution in [0.1, 0.15) is 51.0 Å². The first kappa shape index (κ1) is 15.5. The summed E-state index contributed by atoms with van der Waals surface area (Å²) in [7, 11) is 0. The lowest BCUT2D eigenvalue weighted by atomic mass is 9.79. The van der Waals surface area contributed by atoms with Crippen molar-refractivity contribution >= 4 is 17.4 Å². The van der Waals surface area contributed by atoms with Crippen LogP contribution in [0.3, 0.4) is 0 Å². The zero-order chi connectivity index (χ0) is 14.5. The second-order valence-corrected chi connectivity index (χ2v) is 6.11. The molecule has 1 saturated carbocycles. The molecule has 3 heteroatoms.